The molecule has 25 heavy (non-hydrogen) atoms. The van der Waals surface area contributed by atoms with Crippen molar-refractivity contribution >= 4 is 11.7 Å². The highest BCUT2D eigenvalue weighted by Crippen LogP contribution is 2.61. The van der Waals surface area contributed by atoms with Crippen LogP contribution in [0.5, 0.6) is 5.75 Å². The zero-order valence-electron chi connectivity index (χ0n) is 14.5. The van der Waals surface area contributed by atoms with Gasteiger partial charge in [0.25, 0.3) is 0 Å². The van der Waals surface area contributed by atoms with Gasteiger partial charge in [0.1, 0.15) is 5.75 Å². The van der Waals surface area contributed by atoms with Gasteiger partial charge in [0.15, 0.2) is 0 Å². The molecule has 1 aliphatic carbocycles. The van der Waals surface area contributed by atoms with Gasteiger partial charge >= 0.3 is 5.97 Å². The van der Waals surface area contributed by atoms with Crippen molar-refractivity contribution in [1.82, 2.24) is 4.90 Å². The van der Waals surface area contributed by atoms with Crippen molar-refractivity contribution in [3.05, 3.63) is 46.7 Å². The van der Waals surface area contributed by atoms with E-state index in [-0.39, 0.29) is 23.1 Å². The summed E-state index contributed by atoms with van der Waals surface area (Å²) in [7, 11) is 1.46. The normalized spacial score (nSPS) is 33.9. The number of nitrogens with one attached hydrogen (secondary N) is 1. The Labute approximate surface area is 147 Å². The van der Waals surface area contributed by atoms with E-state index < -0.39 is 0 Å². The Morgan fingerprint density at radius 1 is 1.48 bits per heavy atom. The van der Waals surface area contributed by atoms with E-state index in [4.69, 9.17) is 4.74 Å². The van der Waals surface area contributed by atoms with Gasteiger partial charge in [-0.05, 0) is 43.5 Å². The number of phenols is 1. The summed E-state index contributed by atoms with van der Waals surface area (Å²) in [6.45, 7) is 3.97. The number of carbonyl (C=O) groups excluding carboxylic acids is 1. The number of ether oxygens (including phenoxy) is 1. The Kier molecular flexibility index (Phi) is 2.93. The molecule has 2 fully saturated rings. The maximum absolute atomic E-state index is 12.8. The molecule has 3 atom stereocenters. The number of hydrogen-bond acceptors (Lipinski definition) is 5. The molecule has 1 spiro atoms. The zero-order valence-corrected chi connectivity index (χ0v) is 14.5. The molecule has 5 nitrogen and oxygen atoms in total. The summed E-state index contributed by atoms with van der Waals surface area (Å²) in [5, 5.41) is 13.6. The molecule has 4 aliphatic rings. The van der Waals surface area contributed by atoms with Gasteiger partial charge < -0.3 is 15.2 Å². The van der Waals surface area contributed by atoms with Crippen LogP contribution in [0.1, 0.15) is 25.3 Å². The Balaban J connectivity index is 1.82. The van der Waals surface area contributed by atoms with Gasteiger partial charge in [-0.1, -0.05) is 11.6 Å². The molecule has 2 N–H and O–H groups in total. The minimum Gasteiger partial charge on any atom is -0.508 e. The van der Waals surface area contributed by atoms with Crippen LogP contribution < -0.4 is 5.32 Å². The summed E-state index contributed by atoms with van der Waals surface area (Å²) in [6, 6.07) is 5.86. The maximum Gasteiger partial charge on any atom is 0.336 e. The van der Waals surface area contributed by atoms with Crippen LogP contribution in [-0.4, -0.2) is 42.2 Å². The Hall–Kier alpha value is -2.27. The number of anilines is 1. The zero-order chi connectivity index (χ0) is 17.3. The number of aromatic hydroxyl groups is 1. The number of rotatable bonds is 1. The lowest BCUT2D eigenvalue weighted by molar-refractivity contribution is -0.137. The van der Waals surface area contributed by atoms with Gasteiger partial charge in [-0.15, -0.1) is 0 Å². The van der Waals surface area contributed by atoms with Crippen LogP contribution in [-0.2, 0) is 14.9 Å². The number of esters is 1. The summed E-state index contributed by atoms with van der Waals surface area (Å²) in [5.74, 6) is 0.165. The molecule has 2 saturated heterocycles. The van der Waals surface area contributed by atoms with Crippen molar-refractivity contribution < 1.29 is 14.6 Å². The van der Waals surface area contributed by atoms with Crippen molar-refractivity contribution in [3.63, 3.8) is 0 Å². The van der Waals surface area contributed by atoms with Crippen LogP contribution in [0.25, 0.3) is 0 Å². The highest BCUT2D eigenvalue weighted by atomic mass is 16.5. The van der Waals surface area contributed by atoms with Crippen LogP contribution >= 0.6 is 0 Å². The first kappa shape index (κ1) is 15.0. The maximum atomic E-state index is 12.8. The highest BCUT2D eigenvalue weighted by Gasteiger charge is 2.62. The predicted octanol–water partition coefficient (Wildman–Crippen LogP) is 2.54. The number of allylic oxidation sites excluding steroid dienone is 1. The molecule has 3 heterocycles. The first-order valence-corrected chi connectivity index (χ1v) is 8.92. The molecule has 0 radical (unpaired) electrons. The number of nitrogens with zero attached hydrogens (tertiary/aromatic N) is 1. The average molecular weight is 338 g/mol. The predicted molar refractivity (Wildman–Crippen MR) is 94.3 cm³/mol. The number of benzene rings is 1. The molecule has 0 saturated carbocycles. The molecule has 1 aromatic carbocycles. The number of carbonyl (C=O) groups is 1. The third-order valence-electron chi connectivity index (χ3n) is 6.68. The van der Waals surface area contributed by atoms with Crippen molar-refractivity contribution in [2.45, 2.75) is 31.2 Å². The van der Waals surface area contributed by atoms with Crippen molar-refractivity contribution in [3.8, 4) is 5.75 Å². The van der Waals surface area contributed by atoms with E-state index in [2.05, 4.69) is 23.2 Å². The van der Waals surface area contributed by atoms with Gasteiger partial charge in [0.05, 0.1) is 18.1 Å². The fourth-order valence-electron chi connectivity index (χ4n) is 5.64. The first-order chi connectivity index (χ1) is 12.1. The average Bonchev–Trinajstić information content (AvgIpc) is 3.17. The minimum atomic E-state index is -0.234. The van der Waals surface area contributed by atoms with E-state index in [0.29, 0.717) is 6.04 Å². The number of methoxy groups -OCH3 is 1. The van der Waals surface area contributed by atoms with E-state index in [9.17, 15) is 9.90 Å². The summed E-state index contributed by atoms with van der Waals surface area (Å²) in [4.78, 5) is 15.3. The Morgan fingerprint density at radius 2 is 2.32 bits per heavy atom. The number of fused-ring (bicyclic) bond motifs is 2. The van der Waals surface area contributed by atoms with Crippen molar-refractivity contribution in [1.29, 1.82) is 0 Å². The molecule has 5 rings (SSSR count). The van der Waals surface area contributed by atoms with Gasteiger partial charge in [-0.25, -0.2) is 4.79 Å². The summed E-state index contributed by atoms with van der Waals surface area (Å²) in [6.07, 6.45) is 4.05. The van der Waals surface area contributed by atoms with Crippen molar-refractivity contribution in [2.24, 2.45) is 5.92 Å². The molecule has 0 aromatic heterocycles. The molecular formula is C20H22N2O3. The lowest BCUT2D eigenvalue weighted by Gasteiger charge is -2.48. The van der Waals surface area contributed by atoms with Crippen LogP contribution in [0.15, 0.2) is 41.1 Å². The van der Waals surface area contributed by atoms with E-state index in [1.807, 2.05) is 12.1 Å². The molecule has 0 amide bonds. The topological polar surface area (TPSA) is 61.8 Å². The third kappa shape index (κ3) is 1.69. The molecule has 2 bridgehead atoms. The Bertz CT molecular complexity index is 856. The quantitative estimate of drug-likeness (QED) is 0.468. The number of phenolic OH excluding ortho intramolecular Hbond substituents is 1. The SMILES string of the molecule is C/C=C1\CN2CCC34C(=C(C(=O)OC)C1CC23)Nc1ccc(O)cc14. The Morgan fingerprint density at radius 3 is 3.08 bits per heavy atom. The molecule has 130 valence electrons. The lowest BCUT2D eigenvalue weighted by Crippen LogP contribution is -2.53. The second kappa shape index (κ2) is 4.88. The van der Waals surface area contributed by atoms with Crippen LogP contribution in [0.3, 0.4) is 0 Å². The third-order valence-corrected chi connectivity index (χ3v) is 6.68. The van der Waals surface area contributed by atoms with E-state index in [0.717, 1.165) is 48.5 Å². The number of piperidine rings is 1. The summed E-state index contributed by atoms with van der Waals surface area (Å²) in [5.41, 5.74) is 4.99. The van der Waals surface area contributed by atoms with Gasteiger partial charge in [0, 0.05) is 36.4 Å². The molecule has 1 aromatic rings. The standard InChI is InChI=1S/C20H22N2O3/c1-3-11-10-22-7-6-20-14-8-12(23)4-5-15(14)21-18(20)17(19(24)25-2)13(11)9-16(20)22/h3-5,8,13,16,21,23H,6-7,9-10H2,1-2H3/b11-3+. The molecular weight excluding hydrogens is 316 g/mol. The highest BCUT2D eigenvalue weighted by molar-refractivity contribution is 5.94. The van der Waals surface area contributed by atoms with Gasteiger partial charge in [-0.2, -0.15) is 0 Å². The van der Waals surface area contributed by atoms with Gasteiger partial charge in [-0.3, -0.25) is 4.90 Å². The summed E-state index contributed by atoms with van der Waals surface area (Å²) < 4.78 is 5.18. The largest absolute Gasteiger partial charge is 0.508 e. The minimum absolute atomic E-state index is 0.121. The van der Waals surface area contributed by atoms with E-state index >= 15 is 0 Å². The fourth-order valence-corrected chi connectivity index (χ4v) is 5.64. The number of hydrogen-bond donors (Lipinski definition) is 2. The molecule has 3 aliphatic heterocycles. The first-order valence-electron chi connectivity index (χ1n) is 8.92. The van der Waals surface area contributed by atoms with Crippen LogP contribution in [0.4, 0.5) is 5.69 Å². The van der Waals surface area contributed by atoms with Crippen LogP contribution in [0.2, 0.25) is 0 Å². The van der Waals surface area contributed by atoms with Gasteiger partial charge in [0.2, 0.25) is 0 Å². The van der Waals surface area contributed by atoms with E-state index in [1.54, 1.807) is 6.07 Å². The second-order valence-electron chi connectivity index (χ2n) is 7.49. The van der Waals surface area contributed by atoms with Crippen LogP contribution in [0, 0.1) is 5.92 Å². The monoisotopic (exact) mass is 338 g/mol. The molecule has 5 heteroatoms. The lowest BCUT2D eigenvalue weighted by atomic mass is 9.62. The summed E-state index contributed by atoms with van der Waals surface area (Å²) >= 11 is 0. The van der Waals surface area contributed by atoms with Crippen molar-refractivity contribution in [2.75, 3.05) is 25.5 Å². The van der Waals surface area contributed by atoms with E-state index in [1.165, 1.54) is 12.7 Å². The smallest absolute Gasteiger partial charge is 0.336 e. The second-order valence-corrected chi connectivity index (χ2v) is 7.49. The molecule has 3 unspecified atom stereocenters. The fraction of sp³-hybridized carbons (Fsp3) is 0.450.